The van der Waals surface area contributed by atoms with Gasteiger partial charge in [-0.05, 0) is 57.8 Å². The minimum absolute atomic E-state index is 0.0542. The van der Waals surface area contributed by atoms with E-state index in [2.05, 4.69) is 26.1 Å². The molecule has 28 heavy (non-hydrogen) atoms. The van der Waals surface area contributed by atoms with Crippen LogP contribution in [0.2, 0.25) is 0 Å². The Bertz CT molecular complexity index is 478. The number of fused-ring (bicyclic) bond motifs is 1. The zero-order chi connectivity index (χ0) is 20.4. The van der Waals surface area contributed by atoms with Gasteiger partial charge in [0.2, 0.25) is 5.91 Å². The van der Waals surface area contributed by atoms with Crippen molar-refractivity contribution in [1.29, 1.82) is 0 Å². The van der Waals surface area contributed by atoms with E-state index in [0.717, 1.165) is 12.8 Å². The van der Waals surface area contributed by atoms with Gasteiger partial charge in [-0.3, -0.25) is 9.59 Å². The van der Waals surface area contributed by atoms with Crippen molar-refractivity contribution in [2.75, 3.05) is 19.7 Å². The molecule has 1 unspecified atom stereocenters. The number of hydrogen-bond donors (Lipinski definition) is 2. The summed E-state index contributed by atoms with van der Waals surface area (Å²) >= 11 is 0. The first kappa shape index (κ1) is 23.2. The standard InChI is InChI=1S/C23H42N2O3/c1-18(2)9-6-10-19(3)24-22(26)13-7-14-23(27)28-17-20-11-8-16-25-15-5-4-12-21(20)25/h18-21H,4-17H2,1-3H3,(H,24,26)/p+1/t19-,20+,21-/m1/s1. The molecule has 5 nitrogen and oxygen atoms in total. The molecule has 0 aromatic carbocycles. The number of carbonyl (C=O) groups excluding carboxylic acids is 2. The molecule has 1 amide bonds. The number of hydrogen-bond acceptors (Lipinski definition) is 3. The molecule has 0 spiro atoms. The highest BCUT2D eigenvalue weighted by Crippen LogP contribution is 2.21. The summed E-state index contributed by atoms with van der Waals surface area (Å²) in [6.07, 6.45) is 11.1. The highest BCUT2D eigenvalue weighted by molar-refractivity contribution is 5.77. The summed E-state index contributed by atoms with van der Waals surface area (Å²) in [6.45, 7) is 9.67. The van der Waals surface area contributed by atoms with Crippen LogP contribution in [0.15, 0.2) is 0 Å². The molecule has 2 fully saturated rings. The molecule has 2 N–H and O–H groups in total. The average Bonchev–Trinajstić information content (AvgIpc) is 2.66. The van der Waals surface area contributed by atoms with Crippen LogP contribution in [0, 0.1) is 11.8 Å². The molecule has 5 heteroatoms. The predicted octanol–water partition coefficient (Wildman–Crippen LogP) is 2.88. The Kier molecular flexibility index (Phi) is 10.3. The first-order valence-corrected chi connectivity index (χ1v) is 11.7. The van der Waals surface area contributed by atoms with Crippen LogP contribution in [0.1, 0.15) is 91.4 Å². The van der Waals surface area contributed by atoms with Gasteiger partial charge in [-0.2, -0.15) is 0 Å². The summed E-state index contributed by atoms with van der Waals surface area (Å²) in [5, 5.41) is 3.05. The van der Waals surface area contributed by atoms with E-state index in [4.69, 9.17) is 4.74 Å². The molecule has 162 valence electrons. The van der Waals surface area contributed by atoms with Crippen LogP contribution < -0.4 is 10.2 Å². The van der Waals surface area contributed by atoms with Gasteiger partial charge in [0.1, 0.15) is 0 Å². The van der Waals surface area contributed by atoms with Crippen LogP contribution in [0.4, 0.5) is 0 Å². The maximum absolute atomic E-state index is 12.1. The van der Waals surface area contributed by atoms with Crippen molar-refractivity contribution in [2.45, 2.75) is 103 Å². The second kappa shape index (κ2) is 12.5. The lowest BCUT2D eigenvalue weighted by molar-refractivity contribution is -0.940. The third-order valence-corrected chi connectivity index (χ3v) is 6.50. The van der Waals surface area contributed by atoms with Crippen LogP contribution in [0.3, 0.4) is 0 Å². The van der Waals surface area contributed by atoms with E-state index < -0.39 is 0 Å². The highest BCUT2D eigenvalue weighted by Gasteiger charge is 2.37. The van der Waals surface area contributed by atoms with Crippen molar-refractivity contribution < 1.29 is 19.2 Å². The molecule has 2 heterocycles. The van der Waals surface area contributed by atoms with Gasteiger partial charge in [-0.15, -0.1) is 0 Å². The fourth-order valence-corrected chi connectivity index (χ4v) is 4.89. The molecule has 0 saturated carbocycles. The number of ether oxygens (including phenoxy) is 1. The van der Waals surface area contributed by atoms with Crippen molar-refractivity contribution in [3.05, 3.63) is 0 Å². The summed E-state index contributed by atoms with van der Waals surface area (Å²) in [5.74, 6) is 1.16. The van der Waals surface area contributed by atoms with Crippen molar-refractivity contribution in [1.82, 2.24) is 5.32 Å². The Morgan fingerprint density at radius 2 is 1.79 bits per heavy atom. The highest BCUT2D eigenvalue weighted by atomic mass is 16.5. The zero-order valence-electron chi connectivity index (χ0n) is 18.4. The summed E-state index contributed by atoms with van der Waals surface area (Å²) in [4.78, 5) is 25.9. The lowest BCUT2D eigenvalue weighted by Crippen LogP contribution is -3.18. The molecule has 2 saturated heterocycles. The summed E-state index contributed by atoms with van der Waals surface area (Å²) in [5.41, 5.74) is 0. The van der Waals surface area contributed by atoms with Gasteiger partial charge >= 0.3 is 5.97 Å². The first-order valence-electron chi connectivity index (χ1n) is 11.7. The van der Waals surface area contributed by atoms with Crippen LogP contribution in [-0.2, 0) is 14.3 Å². The normalized spacial score (nSPS) is 25.8. The third kappa shape index (κ3) is 8.50. The van der Waals surface area contributed by atoms with Crippen LogP contribution in [0.25, 0.3) is 0 Å². The molecule has 2 aliphatic rings. The van der Waals surface area contributed by atoms with E-state index in [0.29, 0.717) is 43.7 Å². The van der Waals surface area contributed by atoms with E-state index in [1.165, 1.54) is 51.6 Å². The van der Waals surface area contributed by atoms with Crippen molar-refractivity contribution in [3.63, 3.8) is 0 Å². The minimum atomic E-state index is -0.138. The maximum atomic E-state index is 12.1. The van der Waals surface area contributed by atoms with Gasteiger partial charge in [0.05, 0.1) is 25.7 Å². The molecule has 0 bridgehead atoms. The monoisotopic (exact) mass is 395 g/mol. The van der Waals surface area contributed by atoms with Crippen molar-refractivity contribution >= 4 is 11.9 Å². The Balaban J connectivity index is 1.55. The second-order valence-corrected chi connectivity index (χ2v) is 9.49. The quantitative estimate of drug-likeness (QED) is 0.529. The van der Waals surface area contributed by atoms with E-state index in [1.54, 1.807) is 4.90 Å². The Morgan fingerprint density at radius 3 is 2.57 bits per heavy atom. The molecule has 0 radical (unpaired) electrons. The number of carbonyl (C=O) groups is 2. The molecule has 2 rings (SSSR count). The zero-order valence-corrected chi connectivity index (χ0v) is 18.4. The molecule has 0 aromatic rings. The minimum Gasteiger partial charge on any atom is -0.465 e. The third-order valence-electron chi connectivity index (χ3n) is 6.50. The predicted molar refractivity (Wildman–Crippen MR) is 112 cm³/mol. The Labute approximate surface area is 172 Å². The largest absolute Gasteiger partial charge is 0.465 e. The molecule has 2 aliphatic heterocycles. The molecular weight excluding hydrogens is 352 g/mol. The maximum Gasteiger partial charge on any atom is 0.305 e. The van der Waals surface area contributed by atoms with Gasteiger partial charge < -0.3 is 15.0 Å². The average molecular weight is 396 g/mol. The van der Waals surface area contributed by atoms with Crippen LogP contribution in [-0.4, -0.2) is 43.7 Å². The van der Waals surface area contributed by atoms with Gasteiger partial charge in [0.15, 0.2) is 0 Å². The lowest BCUT2D eigenvalue weighted by Gasteiger charge is -2.41. The van der Waals surface area contributed by atoms with Crippen LogP contribution >= 0.6 is 0 Å². The number of esters is 1. The van der Waals surface area contributed by atoms with Crippen molar-refractivity contribution in [2.24, 2.45) is 11.8 Å². The topological polar surface area (TPSA) is 59.8 Å². The summed E-state index contributed by atoms with van der Waals surface area (Å²) in [6, 6.07) is 0.906. The van der Waals surface area contributed by atoms with Gasteiger partial charge in [0.25, 0.3) is 0 Å². The van der Waals surface area contributed by atoms with E-state index in [1.807, 2.05) is 0 Å². The Morgan fingerprint density at radius 1 is 1.00 bits per heavy atom. The van der Waals surface area contributed by atoms with E-state index >= 15 is 0 Å². The van der Waals surface area contributed by atoms with Crippen LogP contribution in [0.5, 0.6) is 0 Å². The number of amides is 1. The number of quaternary nitrogens is 1. The Hall–Kier alpha value is -1.10. The summed E-state index contributed by atoms with van der Waals surface area (Å²) < 4.78 is 5.58. The second-order valence-electron chi connectivity index (χ2n) is 9.49. The number of rotatable bonds is 11. The van der Waals surface area contributed by atoms with Gasteiger partial charge in [-0.25, -0.2) is 0 Å². The fourth-order valence-electron chi connectivity index (χ4n) is 4.89. The SMILES string of the molecule is CC(C)CCC[C@@H](C)NC(=O)CCCC(=O)OC[C@@H]1CCC[NH+]2CCCC[C@H]12. The molecular formula is C23H43N2O3+. The van der Waals surface area contributed by atoms with E-state index in [9.17, 15) is 9.59 Å². The smallest absolute Gasteiger partial charge is 0.305 e. The van der Waals surface area contributed by atoms with Crippen molar-refractivity contribution in [3.8, 4) is 0 Å². The van der Waals surface area contributed by atoms with Gasteiger partial charge in [0, 0.05) is 24.8 Å². The number of piperidine rings is 2. The molecule has 0 aliphatic carbocycles. The van der Waals surface area contributed by atoms with E-state index in [-0.39, 0.29) is 17.9 Å². The van der Waals surface area contributed by atoms with Gasteiger partial charge in [-0.1, -0.05) is 26.7 Å². The lowest BCUT2D eigenvalue weighted by atomic mass is 9.84. The molecule has 0 aromatic heterocycles. The number of nitrogens with one attached hydrogen (secondary N) is 2. The molecule has 4 atom stereocenters. The fraction of sp³-hybridized carbons (Fsp3) is 0.913. The summed E-state index contributed by atoms with van der Waals surface area (Å²) in [7, 11) is 0. The first-order chi connectivity index (χ1) is 13.5.